The first kappa shape index (κ1) is 16.6. The van der Waals surface area contributed by atoms with Gasteiger partial charge in [-0.25, -0.2) is 26.3 Å². The summed E-state index contributed by atoms with van der Waals surface area (Å²) in [5.74, 6) is -0.0233. The Morgan fingerprint density at radius 1 is 1.05 bits per heavy atom. The summed E-state index contributed by atoms with van der Waals surface area (Å²) in [6.45, 7) is 3.54. The summed E-state index contributed by atoms with van der Waals surface area (Å²) in [5.41, 5.74) is 0. The summed E-state index contributed by atoms with van der Waals surface area (Å²) in [7, 11) is -6.82. The zero-order chi connectivity index (χ0) is 14.5. The molecule has 6 nitrogen and oxygen atoms in total. The highest BCUT2D eigenvalue weighted by Gasteiger charge is 2.16. The minimum absolute atomic E-state index is 0.0233. The highest BCUT2D eigenvalue weighted by molar-refractivity contribution is 7.91. The summed E-state index contributed by atoms with van der Waals surface area (Å²) in [4.78, 5) is 0.993. The van der Waals surface area contributed by atoms with E-state index in [9.17, 15) is 16.8 Å². The van der Waals surface area contributed by atoms with Crippen molar-refractivity contribution in [1.29, 1.82) is 0 Å². The maximum Gasteiger partial charge on any atom is 0.250 e. The first-order chi connectivity index (χ1) is 8.80. The van der Waals surface area contributed by atoms with E-state index in [-0.39, 0.29) is 23.1 Å². The zero-order valence-corrected chi connectivity index (χ0v) is 13.3. The van der Waals surface area contributed by atoms with Crippen molar-refractivity contribution in [3.05, 3.63) is 17.0 Å². The summed E-state index contributed by atoms with van der Waals surface area (Å²) in [6, 6.07) is 3.33. The minimum Gasteiger partial charge on any atom is -0.214 e. The van der Waals surface area contributed by atoms with E-state index in [0.717, 1.165) is 11.3 Å². The van der Waals surface area contributed by atoms with Crippen molar-refractivity contribution >= 4 is 31.4 Å². The largest absolute Gasteiger partial charge is 0.250 e. The Morgan fingerprint density at radius 3 is 2.21 bits per heavy atom. The van der Waals surface area contributed by atoms with Gasteiger partial charge >= 0.3 is 0 Å². The highest BCUT2D eigenvalue weighted by Crippen LogP contribution is 2.21. The Hall–Kier alpha value is -0.480. The fourth-order valence-electron chi connectivity index (χ4n) is 1.26. The van der Waals surface area contributed by atoms with Crippen molar-refractivity contribution in [2.24, 2.45) is 0 Å². The number of hydrogen-bond donors (Lipinski definition) is 2. The third-order valence-electron chi connectivity index (χ3n) is 2.37. The topological polar surface area (TPSA) is 92.3 Å². The maximum atomic E-state index is 11.9. The van der Waals surface area contributed by atoms with Crippen LogP contribution in [0.25, 0.3) is 0 Å². The standard InChI is InChI=1S/C10H18N2O4S3/c1-3-9-5-6-10(17-9)19(15,16)12-8-7-11-18(13,14)4-2/h5-6,11-12H,3-4,7-8H2,1-2H3. The van der Waals surface area contributed by atoms with Crippen LogP contribution in [0, 0.1) is 0 Å². The van der Waals surface area contributed by atoms with Crippen LogP contribution in [0.2, 0.25) is 0 Å². The predicted octanol–water partition coefficient (Wildman–Crippen LogP) is 0.528. The second-order valence-electron chi connectivity index (χ2n) is 3.77. The van der Waals surface area contributed by atoms with Crippen LogP contribution < -0.4 is 9.44 Å². The third kappa shape index (κ3) is 5.19. The lowest BCUT2D eigenvalue weighted by Crippen LogP contribution is -2.35. The van der Waals surface area contributed by atoms with Crippen molar-refractivity contribution in [1.82, 2.24) is 9.44 Å². The molecule has 0 unspecified atom stereocenters. The quantitative estimate of drug-likeness (QED) is 0.682. The Morgan fingerprint density at radius 2 is 1.68 bits per heavy atom. The molecule has 0 radical (unpaired) electrons. The fraction of sp³-hybridized carbons (Fsp3) is 0.600. The van der Waals surface area contributed by atoms with Gasteiger partial charge in [0, 0.05) is 18.0 Å². The van der Waals surface area contributed by atoms with E-state index in [4.69, 9.17) is 0 Å². The SMILES string of the molecule is CCc1ccc(S(=O)(=O)NCCNS(=O)(=O)CC)s1. The van der Waals surface area contributed by atoms with Gasteiger partial charge in [-0.1, -0.05) is 6.92 Å². The van der Waals surface area contributed by atoms with Crippen molar-refractivity contribution in [3.8, 4) is 0 Å². The first-order valence-electron chi connectivity index (χ1n) is 5.86. The van der Waals surface area contributed by atoms with Crippen LogP contribution in [0.1, 0.15) is 18.7 Å². The van der Waals surface area contributed by atoms with Gasteiger partial charge in [-0.3, -0.25) is 0 Å². The Labute approximate surface area is 118 Å². The molecule has 0 aliphatic heterocycles. The molecule has 0 atom stereocenters. The fourth-order valence-corrected chi connectivity index (χ4v) is 4.25. The van der Waals surface area contributed by atoms with Gasteiger partial charge in [-0.05, 0) is 25.5 Å². The average molecular weight is 326 g/mol. The lowest BCUT2D eigenvalue weighted by Gasteiger charge is -2.06. The molecule has 0 aliphatic carbocycles. The molecule has 110 valence electrons. The molecular formula is C10H18N2O4S3. The van der Waals surface area contributed by atoms with Crippen molar-refractivity contribution in [2.45, 2.75) is 24.5 Å². The number of aryl methyl sites for hydroxylation is 1. The van der Waals surface area contributed by atoms with Gasteiger partial charge in [0.2, 0.25) is 20.0 Å². The minimum atomic E-state index is -3.54. The van der Waals surface area contributed by atoms with Crippen molar-refractivity contribution in [2.75, 3.05) is 18.8 Å². The zero-order valence-electron chi connectivity index (χ0n) is 10.8. The maximum absolute atomic E-state index is 11.9. The smallest absolute Gasteiger partial charge is 0.214 e. The third-order valence-corrected chi connectivity index (χ3v) is 6.96. The Balaban J connectivity index is 2.52. The molecule has 0 fully saturated rings. The molecule has 19 heavy (non-hydrogen) atoms. The molecule has 1 aromatic rings. The van der Waals surface area contributed by atoms with Gasteiger partial charge in [-0.15, -0.1) is 11.3 Å². The van der Waals surface area contributed by atoms with E-state index in [2.05, 4.69) is 9.44 Å². The summed E-state index contributed by atoms with van der Waals surface area (Å²) in [5, 5.41) is 0. The van der Waals surface area contributed by atoms with Crippen LogP contribution in [-0.2, 0) is 26.5 Å². The molecule has 0 spiro atoms. The summed E-state index contributed by atoms with van der Waals surface area (Å²) < 4.78 is 51.0. The van der Waals surface area contributed by atoms with E-state index in [1.165, 1.54) is 18.3 Å². The molecule has 0 amide bonds. The molecule has 9 heteroatoms. The lowest BCUT2D eigenvalue weighted by molar-refractivity contribution is 0.572. The molecule has 0 aromatic carbocycles. The lowest BCUT2D eigenvalue weighted by atomic mass is 10.4. The molecule has 0 saturated heterocycles. The summed E-state index contributed by atoms with van der Waals surface area (Å²) in [6.07, 6.45) is 0.788. The van der Waals surface area contributed by atoms with E-state index in [1.807, 2.05) is 6.92 Å². The average Bonchev–Trinajstić information content (AvgIpc) is 2.84. The second-order valence-corrected chi connectivity index (χ2v) is 9.03. The van der Waals surface area contributed by atoms with E-state index >= 15 is 0 Å². The Kier molecular flexibility index (Phi) is 5.93. The van der Waals surface area contributed by atoms with E-state index in [1.54, 1.807) is 12.1 Å². The molecule has 1 aromatic heterocycles. The van der Waals surface area contributed by atoms with Gasteiger partial charge in [0.1, 0.15) is 4.21 Å². The van der Waals surface area contributed by atoms with E-state index < -0.39 is 20.0 Å². The van der Waals surface area contributed by atoms with E-state index in [0.29, 0.717) is 0 Å². The molecule has 1 rings (SSSR count). The van der Waals surface area contributed by atoms with Gasteiger partial charge < -0.3 is 0 Å². The Bertz CT molecular complexity index is 604. The van der Waals surface area contributed by atoms with Crippen LogP contribution in [0.15, 0.2) is 16.3 Å². The monoisotopic (exact) mass is 326 g/mol. The number of sulfonamides is 2. The molecule has 1 heterocycles. The normalized spacial score (nSPS) is 12.7. The van der Waals surface area contributed by atoms with Crippen LogP contribution in [-0.4, -0.2) is 35.7 Å². The van der Waals surface area contributed by atoms with Crippen LogP contribution in [0.4, 0.5) is 0 Å². The van der Waals surface area contributed by atoms with Crippen LogP contribution in [0.5, 0.6) is 0 Å². The highest BCUT2D eigenvalue weighted by atomic mass is 32.2. The van der Waals surface area contributed by atoms with Crippen LogP contribution in [0.3, 0.4) is 0 Å². The van der Waals surface area contributed by atoms with Crippen LogP contribution >= 0.6 is 11.3 Å². The summed E-state index contributed by atoms with van der Waals surface area (Å²) >= 11 is 1.22. The second kappa shape index (κ2) is 6.80. The van der Waals surface area contributed by atoms with Gasteiger partial charge in [-0.2, -0.15) is 0 Å². The number of thiophene rings is 1. The van der Waals surface area contributed by atoms with Gasteiger partial charge in [0.05, 0.1) is 5.75 Å². The molecular weight excluding hydrogens is 308 g/mol. The van der Waals surface area contributed by atoms with Crippen molar-refractivity contribution in [3.63, 3.8) is 0 Å². The number of rotatable bonds is 8. The van der Waals surface area contributed by atoms with Crippen molar-refractivity contribution < 1.29 is 16.8 Å². The predicted molar refractivity (Wildman–Crippen MR) is 76.3 cm³/mol. The molecule has 0 saturated carbocycles. The number of hydrogen-bond acceptors (Lipinski definition) is 5. The molecule has 2 N–H and O–H groups in total. The molecule has 0 aliphatic rings. The number of nitrogens with one attached hydrogen (secondary N) is 2. The first-order valence-corrected chi connectivity index (χ1v) is 9.81. The van der Waals surface area contributed by atoms with Gasteiger partial charge in [0.25, 0.3) is 0 Å². The van der Waals surface area contributed by atoms with Gasteiger partial charge in [0.15, 0.2) is 0 Å². The molecule has 0 bridgehead atoms.